The van der Waals surface area contributed by atoms with Gasteiger partial charge in [0.25, 0.3) is 0 Å². The fourth-order valence-electron chi connectivity index (χ4n) is 2.77. The van der Waals surface area contributed by atoms with Crippen LogP contribution in [0.15, 0.2) is 52.3 Å². The van der Waals surface area contributed by atoms with Crippen molar-refractivity contribution in [3.63, 3.8) is 0 Å². The van der Waals surface area contributed by atoms with Crippen LogP contribution in [0.25, 0.3) is 21.3 Å². The summed E-state index contributed by atoms with van der Waals surface area (Å²) in [4.78, 5) is 5.93. The Hall–Kier alpha value is -2.16. The van der Waals surface area contributed by atoms with Gasteiger partial charge in [-0.25, -0.2) is 4.98 Å². The average Bonchev–Trinajstić information content (AvgIpc) is 3.46. The highest BCUT2D eigenvalue weighted by Gasteiger charge is 2.14. The Labute approximate surface area is 176 Å². The summed E-state index contributed by atoms with van der Waals surface area (Å²) in [6, 6.07) is 12.2. The molecule has 0 bridgehead atoms. The Morgan fingerprint density at radius 3 is 2.64 bits per heavy atom. The number of hydrogen-bond donors (Lipinski definition) is 0. The van der Waals surface area contributed by atoms with Gasteiger partial charge in [0.05, 0.1) is 17.2 Å². The van der Waals surface area contributed by atoms with Crippen molar-refractivity contribution in [1.29, 1.82) is 0 Å². The SMILES string of the molecule is CCOc1ccc(-c2nc(CSc3nnc(-c4cccs4)n3CC)cs2)cc1. The minimum absolute atomic E-state index is 0.675. The first-order valence-corrected chi connectivity index (χ1v) is 11.8. The summed E-state index contributed by atoms with van der Waals surface area (Å²) in [5.41, 5.74) is 2.17. The normalized spacial score (nSPS) is 11.1. The van der Waals surface area contributed by atoms with Crippen LogP contribution in [0.2, 0.25) is 0 Å². The highest BCUT2D eigenvalue weighted by molar-refractivity contribution is 7.98. The zero-order valence-corrected chi connectivity index (χ0v) is 18.1. The molecule has 0 aliphatic carbocycles. The lowest BCUT2D eigenvalue weighted by atomic mass is 10.2. The van der Waals surface area contributed by atoms with Crippen LogP contribution in [-0.2, 0) is 12.3 Å². The van der Waals surface area contributed by atoms with Crippen molar-refractivity contribution in [2.75, 3.05) is 6.61 Å². The molecule has 4 rings (SSSR count). The van der Waals surface area contributed by atoms with Gasteiger partial charge >= 0.3 is 0 Å². The average molecular weight is 429 g/mol. The van der Waals surface area contributed by atoms with Gasteiger partial charge in [0, 0.05) is 23.2 Å². The van der Waals surface area contributed by atoms with Gasteiger partial charge in [0.1, 0.15) is 10.8 Å². The third-order valence-electron chi connectivity index (χ3n) is 4.09. The maximum Gasteiger partial charge on any atom is 0.191 e. The van der Waals surface area contributed by atoms with Crippen LogP contribution in [0.5, 0.6) is 5.75 Å². The molecule has 0 saturated heterocycles. The largest absolute Gasteiger partial charge is 0.494 e. The summed E-state index contributed by atoms with van der Waals surface area (Å²) in [6.07, 6.45) is 0. The molecule has 0 fully saturated rings. The molecule has 3 aromatic heterocycles. The Kier molecular flexibility index (Phi) is 6.09. The zero-order chi connectivity index (χ0) is 19.3. The minimum atomic E-state index is 0.675. The van der Waals surface area contributed by atoms with Crippen molar-refractivity contribution in [3.05, 3.63) is 52.9 Å². The summed E-state index contributed by atoms with van der Waals surface area (Å²) >= 11 is 5.03. The molecule has 3 heterocycles. The molecule has 0 spiro atoms. The number of thiophene rings is 1. The molecule has 0 radical (unpaired) electrons. The number of rotatable bonds is 8. The number of hydrogen-bond acceptors (Lipinski definition) is 7. The van der Waals surface area contributed by atoms with Crippen molar-refractivity contribution in [3.8, 4) is 27.0 Å². The molecule has 1 aromatic carbocycles. The van der Waals surface area contributed by atoms with Gasteiger partial charge in [-0.1, -0.05) is 17.8 Å². The summed E-state index contributed by atoms with van der Waals surface area (Å²) in [5.74, 6) is 2.60. The minimum Gasteiger partial charge on any atom is -0.494 e. The molecule has 144 valence electrons. The lowest BCUT2D eigenvalue weighted by Gasteiger charge is -2.05. The Bertz CT molecular complexity index is 1020. The molecule has 0 aliphatic heterocycles. The molecule has 0 atom stereocenters. The standard InChI is InChI=1S/C20H20N4OS3/c1-3-24-18(17-6-5-11-26-17)22-23-20(24)28-13-15-12-27-19(21-15)14-7-9-16(10-8-14)25-4-2/h5-12H,3-4,13H2,1-2H3. The van der Waals surface area contributed by atoms with E-state index in [0.29, 0.717) is 6.61 Å². The molecular formula is C20H20N4OS3. The second-order valence-electron chi connectivity index (χ2n) is 5.92. The molecule has 0 saturated carbocycles. The monoisotopic (exact) mass is 428 g/mol. The van der Waals surface area contributed by atoms with Gasteiger partial charge in [-0.3, -0.25) is 0 Å². The van der Waals surface area contributed by atoms with Crippen molar-refractivity contribution in [2.24, 2.45) is 0 Å². The van der Waals surface area contributed by atoms with Crippen molar-refractivity contribution in [1.82, 2.24) is 19.7 Å². The molecule has 0 unspecified atom stereocenters. The van der Waals surface area contributed by atoms with Gasteiger partial charge in [-0.15, -0.1) is 32.9 Å². The summed E-state index contributed by atoms with van der Waals surface area (Å²) < 4.78 is 7.67. The van der Waals surface area contributed by atoms with Gasteiger partial charge in [-0.05, 0) is 49.6 Å². The highest BCUT2D eigenvalue weighted by Crippen LogP contribution is 2.31. The van der Waals surface area contributed by atoms with Crippen molar-refractivity contribution < 1.29 is 4.74 Å². The second kappa shape index (κ2) is 8.89. The Morgan fingerprint density at radius 1 is 1.07 bits per heavy atom. The van der Waals surface area contributed by atoms with Crippen LogP contribution in [0.4, 0.5) is 0 Å². The van der Waals surface area contributed by atoms with Gasteiger partial charge < -0.3 is 9.30 Å². The number of benzene rings is 1. The van der Waals surface area contributed by atoms with Crippen molar-refractivity contribution >= 4 is 34.4 Å². The molecule has 5 nitrogen and oxygen atoms in total. The van der Waals surface area contributed by atoms with Crippen LogP contribution < -0.4 is 4.74 Å². The van der Waals surface area contributed by atoms with E-state index in [1.807, 2.05) is 25.1 Å². The van der Waals surface area contributed by atoms with E-state index < -0.39 is 0 Å². The number of thioether (sulfide) groups is 1. The lowest BCUT2D eigenvalue weighted by molar-refractivity contribution is 0.340. The number of ether oxygens (including phenoxy) is 1. The predicted octanol–water partition coefficient (Wildman–Crippen LogP) is 5.84. The van der Waals surface area contributed by atoms with E-state index in [1.165, 1.54) is 0 Å². The van der Waals surface area contributed by atoms with E-state index >= 15 is 0 Å². The molecule has 8 heteroatoms. The molecule has 28 heavy (non-hydrogen) atoms. The van der Waals surface area contributed by atoms with E-state index in [0.717, 1.165) is 50.2 Å². The van der Waals surface area contributed by atoms with E-state index in [9.17, 15) is 0 Å². The summed E-state index contributed by atoms with van der Waals surface area (Å²) in [6.45, 7) is 5.63. The predicted molar refractivity (Wildman–Crippen MR) is 117 cm³/mol. The molecular weight excluding hydrogens is 408 g/mol. The molecule has 0 amide bonds. The second-order valence-corrected chi connectivity index (χ2v) is 8.67. The number of aromatic nitrogens is 4. The maximum atomic E-state index is 5.51. The maximum absolute atomic E-state index is 5.51. The first-order chi connectivity index (χ1) is 13.8. The lowest BCUT2D eigenvalue weighted by Crippen LogP contribution is -1.99. The fourth-order valence-corrected chi connectivity index (χ4v) is 5.32. The van der Waals surface area contributed by atoms with Crippen LogP contribution in [0.1, 0.15) is 19.5 Å². The fraction of sp³-hybridized carbons (Fsp3) is 0.250. The summed E-state index contributed by atoms with van der Waals surface area (Å²) in [5, 5.41) is 14.9. The van der Waals surface area contributed by atoms with E-state index in [1.54, 1.807) is 34.4 Å². The Morgan fingerprint density at radius 2 is 1.93 bits per heavy atom. The van der Waals surface area contributed by atoms with Gasteiger partial charge in [-0.2, -0.15) is 0 Å². The topological polar surface area (TPSA) is 52.8 Å². The third kappa shape index (κ3) is 4.14. The van der Waals surface area contributed by atoms with Crippen LogP contribution >= 0.6 is 34.4 Å². The number of nitrogens with zero attached hydrogens (tertiary/aromatic N) is 4. The first kappa shape index (κ1) is 19.2. The van der Waals surface area contributed by atoms with Crippen LogP contribution in [0, 0.1) is 0 Å². The third-order valence-corrected chi connectivity index (χ3v) is 6.89. The van der Waals surface area contributed by atoms with E-state index in [2.05, 4.69) is 50.6 Å². The Balaban J connectivity index is 1.45. The molecule has 4 aromatic rings. The van der Waals surface area contributed by atoms with Crippen LogP contribution in [0.3, 0.4) is 0 Å². The quantitative estimate of drug-likeness (QED) is 0.330. The molecule has 0 aliphatic rings. The highest BCUT2D eigenvalue weighted by atomic mass is 32.2. The van der Waals surface area contributed by atoms with E-state index in [-0.39, 0.29) is 0 Å². The molecule has 0 N–H and O–H groups in total. The summed E-state index contributed by atoms with van der Waals surface area (Å²) in [7, 11) is 0. The van der Waals surface area contributed by atoms with Gasteiger partial charge in [0.2, 0.25) is 0 Å². The van der Waals surface area contributed by atoms with Gasteiger partial charge in [0.15, 0.2) is 11.0 Å². The smallest absolute Gasteiger partial charge is 0.191 e. The first-order valence-electron chi connectivity index (χ1n) is 9.06. The zero-order valence-electron chi connectivity index (χ0n) is 15.7. The van der Waals surface area contributed by atoms with Crippen LogP contribution in [-0.4, -0.2) is 26.4 Å². The number of thiazole rings is 1. The van der Waals surface area contributed by atoms with E-state index in [4.69, 9.17) is 9.72 Å². The van der Waals surface area contributed by atoms with Crippen molar-refractivity contribution in [2.45, 2.75) is 31.3 Å².